The smallest absolute Gasteiger partial charge is 0.224 e. The summed E-state index contributed by atoms with van der Waals surface area (Å²) < 4.78 is 5.85. The zero-order valence-electron chi connectivity index (χ0n) is 13.4. The minimum atomic E-state index is -0.117. The maximum absolute atomic E-state index is 11.9. The van der Waals surface area contributed by atoms with Gasteiger partial charge in [-0.15, -0.1) is 0 Å². The molecule has 0 aromatic heterocycles. The first-order valence-electron chi connectivity index (χ1n) is 8.38. The van der Waals surface area contributed by atoms with Crippen LogP contribution in [0.3, 0.4) is 0 Å². The summed E-state index contributed by atoms with van der Waals surface area (Å²) in [4.78, 5) is 25.3. The predicted molar refractivity (Wildman–Crippen MR) is 86.8 cm³/mol. The number of ketones is 1. The quantitative estimate of drug-likeness (QED) is 0.891. The zero-order chi connectivity index (χ0) is 16.1. The van der Waals surface area contributed by atoms with E-state index in [0.29, 0.717) is 19.4 Å². The van der Waals surface area contributed by atoms with E-state index in [-0.39, 0.29) is 23.7 Å². The summed E-state index contributed by atoms with van der Waals surface area (Å²) in [5.41, 5.74) is 1.30. The molecule has 5 nitrogen and oxygen atoms in total. The molecule has 2 fully saturated rings. The van der Waals surface area contributed by atoms with E-state index < -0.39 is 0 Å². The Morgan fingerprint density at radius 1 is 1.26 bits per heavy atom. The van der Waals surface area contributed by atoms with Gasteiger partial charge >= 0.3 is 0 Å². The number of carbonyl (C=O) groups is 2. The van der Waals surface area contributed by atoms with E-state index in [1.807, 2.05) is 6.07 Å². The van der Waals surface area contributed by atoms with Gasteiger partial charge in [0.05, 0.1) is 12.0 Å². The highest BCUT2D eigenvalue weighted by Crippen LogP contribution is 2.22. The maximum atomic E-state index is 11.9. The van der Waals surface area contributed by atoms with Gasteiger partial charge in [0.25, 0.3) is 0 Å². The minimum Gasteiger partial charge on any atom is -0.375 e. The van der Waals surface area contributed by atoms with Crippen molar-refractivity contribution in [2.75, 3.05) is 26.2 Å². The van der Waals surface area contributed by atoms with Crippen LogP contribution >= 0.6 is 0 Å². The number of Topliss-reactive ketones (excluding diaryl/α,β-unsaturated/α-hetero) is 1. The van der Waals surface area contributed by atoms with Gasteiger partial charge in [-0.1, -0.05) is 30.3 Å². The zero-order valence-corrected chi connectivity index (χ0v) is 13.4. The van der Waals surface area contributed by atoms with Crippen molar-refractivity contribution in [2.24, 2.45) is 5.92 Å². The molecule has 1 aliphatic carbocycles. The lowest BCUT2D eigenvalue weighted by Crippen LogP contribution is -2.44. The molecule has 1 atom stereocenters. The van der Waals surface area contributed by atoms with Crippen molar-refractivity contribution in [1.82, 2.24) is 10.2 Å². The van der Waals surface area contributed by atoms with Crippen molar-refractivity contribution in [2.45, 2.75) is 31.9 Å². The SMILES string of the molecule is O=C1CC(C(=O)NC[C@@H]2CN(Cc3ccccc3)CCCO2)C1. The topological polar surface area (TPSA) is 58.6 Å². The second-order valence-corrected chi connectivity index (χ2v) is 6.46. The van der Waals surface area contributed by atoms with Crippen LogP contribution in [0.5, 0.6) is 0 Å². The number of carbonyl (C=O) groups excluding carboxylic acids is 2. The van der Waals surface area contributed by atoms with E-state index in [2.05, 4.69) is 34.5 Å². The molecule has 0 spiro atoms. The van der Waals surface area contributed by atoms with E-state index in [1.54, 1.807) is 0 Å². The van der Waals surface area contributed by atoms with Crippen LogP contribution in [0, 0.1) is 5.92 Å². The van der Waals surface area contributed by atoms with Crippen molar-refractivity contribution >= 4 is 11.7 Å². The van der Waals surface area contributed by atoms with Crippen LogP contribution in [-0.2, 0) is 20.9 Å². The summed E-state index contributed by atoms with van der Waals surface area (Å²) in [5, 5.41) is 2.94. The molecule has 3 rings (SSSR count). The van der Waals surface area contributed by atoms with E-state index in [9.17, 15) is 9.59 Å². The van der Waals surface area contributed by atoms with Crippen LogP contribution in [-0.4, -0.2) is 48.9 Å². The van der Waals surface area contributed by atoms with Crippen molar-refractivity contribution in [1.29, 1.82) is 0 Å². The van der Waals surface area contributed by atoms with E-state index in [0.717, 1.165) is 32.7 Å². The number of rotatable bonds is 5. The van der Waals surface area contributed by atoms with Crippen LogP contribution in [0.1, 0.15) is 24.8 Å². The van der Waals surface area contributed by atoms with Gasteiger partial charge in [0, 0.05) is 45.6 Å². The molecule has 2 aliphatic rings. The highest BCUT2D eigenvalue weighted by Gasteiger charge is 2.33. The van der Waals surface area contributed by atoms with Gasteiger partial charge in [0.1, 0.15) is 5.78 Å². The summed E-state index contributed by atoms with van der Waals surface area (Å²) in [6.07, 6.45) is 1.82. The summed E-state index contributed by atoms with van der Waals surface area (Å²) in [5.74, 6) is 0.0608. The van der Waals surface area contributed by atoms with Crippen molar-refractivity contribution < 1.29 is 14.3 Å². The number of hydrogen-bond donors (Lipinski definition) is 1. The van der Waals surface area contributed by atoms with Gasteiger partial charge in [-0.05, 0) is 12.0 Å². The highest BCUT2D eigenvalue weighted by atomic mass is 16.5. The molecule has 1 amide bonds. The van der Waals surface area contributed by atoms with Gasteiger partial charge < -0.3 is 10.1 Å². The molecule has 124 valence electrons. The van der Waals surface area contributed by atoms with Gasteiger partial charge in [-0.3, -0.25) is 14.5 Å². The Balaban J connectivity index is 1.47. The standard InChI is InChI=1S/C18H24N2O3/c21-16-9-15(10-16)18(22)19-11-17-13-20(7-4-8-23-17)12-14-5-2-1-3-6-14/h1-3,5-6,15,17H,4,7-13H2,(H,19,22)/t17-/m1/s1. The third-order valence-electron chi connectivity index (χ3n) is 4.51. The number of nitrogens with one attached hydrogen (secondary N) is 1. The van der Waals surface area contributed by atoms with E-state index >= 15 is 0 Å². The molecular weight excluding hydrogens is 292 g/mol. The monoisotopic (exact) mass is 316 g/mol. The predicted octanol–water partition coefficient (Wildman–Crippen LogP) is 1.37. The Hall–Kier alpha value is -1.72. The van der Waals surface area contributed by atoms with Gasteiger partial charge in [-0.25, -0.2) is 0 Å². The largest absolute Gasteiger partial charge is 0.375 e. The molecule has 1 aromatic rings. The molecule has 5 heteroatoms. The average molecular weight is 316 g/mol. The van der Waals surface area contributed by atoms with Gasteiger partial charge in [0.15, 0.2) is 0 Å². The average Bonchev–Trinajstić information content (AvgIpc) is 2.76. The van der Waals surface area contributed by atoms with Crippen molar-refractivity contribution in [3.63, 3.8) is 0 Å². The number of benzene rings is 1. The molecule has 1 N–H and O–H groups in total. The molecule has 1 aromatic carbocycles. The maximum Gasteiger partial charge on any atom is 0.224 e. The first-order chi connectivity index (χ1) is 11.2. The van der Waals surface area contributed by atoms with Crippen LogP contribution in [0.25, 0.3) is 0 Å². The first kappa shape index (κ1) is 16.1. The molecule has 1 saturated carbocycles. The molecule has 0 unspecified atom stereocenters. The third-order valence-corrected chi connectivity index (χ3v) is 4.51. The van der Waals surface area contributed by atoms with Crippen LogP contribution in [0.4, 0.5) is 0 Å². The second kappa shape index (κ2) is 7.70. The Morgan fingerprint density at radius 2 is 2.04 bits per heavy atom. The fourth-order valence-electron chi connectivity index (χ4n) is 3.11. The summed E-state index contributed by atoms with van der Waals surface area (Å²) in [6.45, 7) is 3.99. The number of ether oxygens (including phenoxy) is 1. The number of hydrogen-bond acceptors (Lipinski definition) is 4. The number of amides is 1. The van der Waals surface area contributed by atoms with Gasteiger partial charge in [0.2, 0.25) is 5.91 Å². The molecule has 1 heterocycles. The lowest BCUT2D eigenvalue weighted by atomic mass is 9.83. The Labute approximate surface area is 137 Å². The van der Waals surface area contributed by atoms with Gasteiger partial charge in [-0.2, -0.15) is 0 Å². The molecule has 0 bridgehead atoms. The summed E-state index contributed by atoms with van der Waals surface area (Å²) in [7, 11) is 0. The molecule has 1 saturated heterocycles. The summed E-state index contributed by atoms with van der Waals surface area (Å²) >= 11 is 0. The lowest BCUT2D eigenvalue weighted by Gasteiger charge is -2.26. The molecule has 23 heavy (non-hydrogen) atoms. The van der Waals surface area contributed by atoms with E-state index in [4.69, 9.17) is 4.74 Å². The Morgan fingerprint density at radius 3 is 2.78 bits per heavy atom. The highest BCUT2D eigenvalue weighted by molar-refractivity contribution is 5.96. The first-order valence-corrected chi connectivity index (χ1v) is 8.38. The molecule has 1 aliphatic heterocycles. The third kappa shape index (κ3) is 4.62. The summed E-state index contributed by atoms with van der Waals surface area (Å²) in [6, 6.07) is 10.4. The number of nitrogens with zero attached hydrogens (tertiary/aromatic N) is 1. The normalized spacial score (nSPS) is 23.1. The Kier molecular flexibility index (Phi) is 5.41. The van der Waals surface area contributed by atoms with Crippen LogP contribution in [0.15, 0.2) is 30.3 Å². The van der Waals surface area contributed by atoms with E-state index in [1.165, 1.54) is 5.56 Å². The fourth-order valence-corrected chi connectivity index (χ4v) is 3.11. The Bertz CT molecular complexity index is 538. The lowest BCUT2D eigenvalue weighted by molar-refractivity contribution is -0.138. The van der Waals surface area contributed by atoms with Crippen LogP contribution in [0.2, 0.25) is 0 Å². The fraction of sp³-hybridized carbons (Fsp3) is 0.556. The van der Waals surface area contributed by atoms with Crippen molar-refractivity contribution in [3.8, 4) is 0 Å². The van der Waals surface area contributed by atoms with Crippen molar-refractivity contribution in [3.05, 3.63) is 35.9 Å². The van der Waals surface area contributed by atoms with Crippen LogP contribution < -0.4 is 5.32 Å². The molecular formula is C18H24N2O3. The minimum absolute atomic E-state index is 0.00736. The molecule has 0 radical (unpaired) electrons. The second-order valence-electron chi connectivity index (χ2n) is 6.46.